The Morgan fingerprint density at radius 2 is 1.74 bits per heavy atom. The molecule has 0 fully saturated rings. The number of H-pyrrole nitrogens is 2. The Bertz CT molecular complexity index is 1940. The van der Waals surface area contributed by atoms with Gasteiger partial charge >= 0.3 is 5.69 Å². The van der Waals surface area contributed by atoms with E-state index < -0.39 is 21.7 Å². The van der Waals surface area contributed by atoms with E-state index >= 15 is 0 Å². The van der Waals surface area contributed by atoms with Gasteiger partial charge in [-0.3, -0.25) is 4.79 Å². The van der Waals surface area contributed by atoms with E-state index in [1.807, 2.05) is 0 Å². The number of nitrogens with one attached hydrogen (secondary N) is 4. The van der Waals surface area contributed by atoms with Crippen molar-refractivity contribution in [2.45, 2.75) is 4.90 Å². The van der Waals surface area contributed by atoms with Gasteiger partial charge in [-0.05, 0) is 48.8 Å². The van der Waals surface area contributed by atoms with Gasteiger partial charge in [-0.1, -0.05) is 24.3 Å². The lowest BCUT2D eigenvalue weighted by Gasteiger charge is -2.12. The summed E-state index contributed by atoms with van der Waals surface area (Å²) in [5, 5.41) is 23.4. The lowest BCUT2D eigenvalue weighted by molar-refractivity contribution is 0.102. The van der Waals surface area contributed by atoms with Crippen LogP contribution in [-0.4, -0.2) is 43.6 Å². The first kappa shape index (κ1) is 25.6. The van der Waals surface area contributed by atoms with Crippen molar-refractivity contribution in [2.24, 2.45) is 10.2 Å². The van der Waals surface area contributed by atoms with Crippen LogP contribution < -0.4 is 20.5 Å². The standard InChI is InChI=1S/C26H22N6O6S/c1-27-39(36,37)16-8-10-20(22(13-16)38-2)31-32-23-17-6-4-3-5-14(17)11-18(24(23)33)25(34)28-15-7-9-19-21(12-15)30-26(35)29-19/h3-13,27,33H,1-2H3,(H,28,34)(H2,29,30,35). The molecule has 1 aromatic heterocycles. The molecule has 0 aliphatic carbocycles. The average Bonchev–Trinajstić information content (AvgIpc) is 3.31. The molecular weight excluding hydrogens is 524 g/mol. The van der Waals surface area contributed by atoms with E-state index in [-0.39, 0.29) is 33.3 Å². The van der Waals surface area contributed by atoms with Crippen LogP contribution in [0, 0.1) is 0 Å². The third kappa shape index (κ3) is 4.95. The Morgan fingerprint density at radius 3 is 2.51 bits per heavy atom. The minimum Gasteiger partial charge on any atom is -0.505 e. The van der Waals surface area contributed by atoms with E-state index in [0.717, 1.165) is 0 Å². The Balaban J connectivity index is 1.54. The number of azo groups is 1. The number of hydrogen-bond donors (Lipinski definition) is 5. The van der Waals surface area contributed by atoms with Gasteiger partial charge in [0.1, 0.15) is 17.1 Å². The molecule has 5 N–H and O–H groups in total. The maximum absolute atomic E-state index is 13.2. The number of amides is 1. The fourth-order valence-electron chi connectivity index (χ4n) is 4.03. The molecule has 1 amide bonds. The van der Waals surface area contributed by atoms with Crippen molar-refractivity contribution in [3.05, 3.63) is 82.8 Å². The first-order valence-electron chi connectivity index (χ1n) is 11.5. The fourth-order valence-corrected chi connectivity index (χ4v) is 4.78. The zero-order chi connectivity index (χ0) is 27.7. The van der Waals surface area contributed by atoms with Crippen molar-refractivity contribution in [2.75, 3.05) is 19.5 Å². The van der Waals surface area contributed by atoms with Gasteiger partial charge in [0.2, 0.25) is 10.0 Å². The van der Waals surface area contributed by atoms with Gasteiger partial charge in [0, 0.05) is 17.1 Å². The number of carbonyl (C=O) groups excluding carboxylic acids is 1. The summed E-state index contributed by atoms with van der Waals surface area (Å²) in [5.41, 5.74) is 1.33. The Labute approximate surface area is 221 Å². The topological polar surface area (TPSA) is 178 Å². The van der Waals surface area contributed by atoms with Gasteiger partial charge in [0.15, 0.2) is 5.75 Å². The smallest absolute Gasteiger partial charge is 0.323 e. The zero-order valence-electron chi connectivity index (χ0n) is 20.6. The molecular formula is C26H22N6O6S. The summed E-state index contributed by atoms with van der Waals surface area (Å²) in [6.07, 6.45) is 0. The second-order valence-corrected chi connectivity index (χ2v) is 10.3. The van der Waals surface area contributed by atoms with Crippen molar-refractivity contribution in [1.82, 2.24) is 14.7 Å². The number of anilines is 1. The molecule has 5 aromatic rings. The van der Waals surface area contributed by atoms with Crippen LogP contribution in [0.4, 0.5) is 17.1 Å². The number of phenolic OH excluding ortho intramolecular Hbond substituents is 1. The second kappa shape index (κ2) is 10.0. The van der Waals surface area contributed by atoms with Gasteiger partial charge in [0.05, 0.1) is 28.6 Å². The minimum absolute atomic E-state index is 0.0188. The van der Waals surface area contributed by atoms with Crippen molar-refractivity contribution >= 4 is 54.8 Å². The number of methoxy groups -OCH3 is 1. The summed E-state index contributed by atoms with van der Waals surface area (Å²) in [4.78, 5) is 30.0. The first-order chi connectivity index (χ1) is 18.7. The number of phenols is 1. The quantitative estimate of drug-likeness (QED) is 0.190. The Hall–Kier alpha value is -5.01. The number of sulfonamides is 1. The van der Waals surface area contributed by atoms with Crippen LogP contribution in [0.25, 0.3) is 21.8 Å². The average molecular weight is 547 g/mol. The van der Waals surface area contributed by atoms with Crippen LogP contribution in [0.5, 0.6) is 11.5 Å². The third-order valence-corrected chi connectivity index (χ3v) is 7.41. The number of nitrogens with zero attached hydrogens (tertiary/aromatic N) is 2. The van der Waals surface area contributed by atoms with Gasteiger partial charge in [-0.2, -0.15) is 0 Å². The highest BCUT2D eigenvalue weighted by molar-refractivity contribution is 7.89. The van der Waals surface area contributed by atoms with Crippen molar-refractivity contribution < 1.29 is 23.1 Å². The lowest BCUT2D eigenvalue weighted by atomic mass is 10.0. The molecule has 1 heterocycles. The van der Waals surface area contributed by atoms with E-state index in [1.165, 1.54) is 38.4 Å². The summed E-state index contributed by atoms with van der Waals surface area (Å²) in [7, 11) is -1.05. The molecule has 12 nitrogen and oxygen atoms in total. The molecule has 0 saturated carbocycles. The number of fused-ring (bicyclic) bond motifs is 2. The number of hydrogen-bond acceptors (Lipinski definition) is 8. The monoisotopic (exact) mass is 546 g/mol. The molecule has 0 aliphatic rings. The Kier molecular flexibility index (Phi) is 6.60. The number of rotatable bonds is 7. The minimum atomic E-state index is -3.71. The number of aromatic hydroxyl groups is 1. The molecule has 0 aliphatic heterocycles. The molecule has 0 atom stereocenters. The highest BCUT2D eigenvalue weighted by Crippen LogP contribution is 2.40. The summed E-state index contributed by atoms with van der Waals surface area (Å²) in [6, 6.07) is 17.5. The maximum Gasteiger partial charge on any atom is 0.323 e. The predicted octanol–water partition coefficient (Wildman–Crippen LogP) is 4.30. The van der Waals surface area contributed by atoms with Gasteiger partial charge in [0.25, 0.3) is 5.91 Å². The molecule has 39 heavy (non-hydrogen) atoms. The summed E-state index contributed by atoms with van der Waals surface area (Å²) in [6.45, 7) is 0. The lowest BCUT2D eigenvalue weighted by Crippen LogP contribution is -2.18. The number of imidazole rings is 1. The number of benzene rings is 4. The SMILES string of the molecule is CNS(=O)(=O)c1ccc(N=Nc2c(O)c(C(=O)Nc3ccc4[nH]c(=O)[nH]c4c3)cc3ccccc23)c(OC)c1. The van der Waals surface area contributed by atoms with E-state index in [0.29, 0.717) is 27.5 Å². The van der Waals surface area contributed by atoms with Gasteiger partial charge < -0.3 is 25.1 Å². The number of carbonyl (C=O) groups is 1. The third-order valence-electron chi connectivity index (χ3n) is 6.00. The molecule has 0 saturated heterocycles. The molecule has 0 unspecified atom stereocenters. The van der Waals surface area contributed by atoms with E-state index in [2.05, 4.69) is 30.2 Å². The number of ether oxygens (including phenoxy) is 1. The largest absolute Gasteiger partial charge is 0.505 e. The second-order valence-electron chi connectivity index (χ2n) is 8.38. The van der Waals surface area contributed by atoms with Crippen LogP contribution in [0.1, 0.15) is 10.4 Å². The van der Waals surface area contributed by atoms with Gasteiger partial charge in [-0.25, -0.2) is 17.9 Å². The van der Waals surface area contributed by atoms with E-state index in [1.54, 1.807) is 42.5 Å². The van der Waals surface area contributed by atoms with Crippen molar-refractivity contribution in [3.63, 3.8) is 0 Å². The molecule has 0 spiro atoms. The zero-order valence-corrected chi connectivity index (χ0v) is 21.5. The Morgan fingerprint density at radius 1 is 0.974 bits per heavy atom. The molecule has 4 aromatic carbocycles. The summed E-state index contributed by atoms with van der Waals surface area (Å²) >= 11 is 0. The van der Waals surface area contributed by atoms with Crippen LogP contribution >= 0.6 is 0 Å². The van der Waals surface area contributed by atoms with Crippen LogP contribution in [0.2, 0.25) is 0 Å². The number of aromatic amines is 2. The summed E-state index contributed by atoms with van der Waals surface area (Å²) in [5.74, 6) is -0.864. The van der Waals surface area contributed by atoms with Crippen molar-refractivity contribution in [3.8, 4) is 11.5 Å². The number of aromatic nitrogens is 2. The highest BCUT2D eigenvalue weighted by atomic mass is 32.2. The van der Waals surface area contributed by atoms with Crippen LogP contribution in [0.15, 0.2) is 86.6 Å². The molecule has 5 rings (SSSR count). The van der Waals surface area contributed by atoms with Crippen molar-refractivity contribution in [1.29, 1.82) is 0 Å². The molecule has 0 radical (unpaired) electrons. The maximum atomic E-state index is 13.2. The highest BCUT2D eigenvalue weighted by Gasteiger charge is 2.20. The fraction of sp³-hybridized carbons (Fsp3) is 0.0769. The molecule has 0 bridgehead atoms. The van der Waals surface area contributed by atoms with E-state index in [4.69, 9.17) is 4.74 Å². The summed E-state index contributed by atoms with van der Waals surface area (Å²) < 4.78 is 31.8. The van der Waals surface area contributed by atoms with E-state index in [9.17, 15) is 23.1 Å². The van der Waals surface area contributed by atoms with Gasteiger partial charge in [-0.15, -0.1) is 10.2 Å². The predicted molar refractivity (Wildman–Crippen MR) is 146 cm³/mol. The van der Waals surface area contributed by atoms with Crippen LogP contribution in [0.3, 0.4) is 0 Å². The normalized spacial score (nSPS) is 11.8. The first-order valence-corrected chi connectivity index (χ1v) is 13.0. The van der Waals surface area contributed by atoms with Crippen LogP contribution in [-0.2, 0) is 10.0 Å². The molecule has 13 heteroatoms. The molecule has 198 valence electrons.